The van der Waals surface area contributed by atoms with Gasteiger partial charge in [-0.25, -0.2) is 0 Å². The second-order valence-electron chi connectivity index (χ2n) is 10.2. The Morgan fingerprint density at radius 3 is 2.43 bits per heavy atom. The minimum absolute atomic E-state index is 0.144. The van der Waals surface area contributed by atoms with Gasteiger partial charge in [0.15, 0.2) is 0 Å². The summed E-state index contributed by atoms with van der Waals surface area (Å²) in [5, 5.41) is 6.74. The molecule has 6 nitrogen and oxygen atoms in total. The van der Waals surface area contributed by atoms with Gasteiger partial charge < -0.3 is 20.5 Å². The predicted molar refractivity (Wildman–Crippen MR) is 148 cm³/mol. The topological polar surface area (TPSA) is 77.2 Å². The fourth-order valence-electron chi connectivity index (χ4n) is 5.17. The summed E-state index contributed by atoms with van der Waals surface area (Å²) in [4.78, 5) is 31.9. The summed E-state index contributed by atoms with van der Waals surface area (Å²) in [7, 11) is 4.35. The first-order valence-electron chi connectivity index (χ1n) is 12.8. The van der Waals surface area contributed by atoms with Crippen LogP contribution < -0.4 is 16.2 Å². The number of H-pyrrole nitrogens is 1. The number of pyridine rings is 1. The molecule has 1 heterocycles. The Kier molecular flexibility index (Phi) is 9.47. The highest BCUT2D eigenvalue weighted by Crippen LogP contribution is 2.33. The lowest BCUT2D eigenvalue weighted by Gasteiger charge is -2.36. The van der Waals surface area contributed by atoms with E-state index in [9.17, 15) is 9.59 Å². The van der Waals surface area contributed by atoms with Crippen molar-refractivity contribution in [3.8, 4) is 0 Å². The number of aromatic nitrogens is 1. The zero-order chi connectivity index (χ0) is 25.7. The number of hydrogen-bond acceptors (Lipinski definition) is 5. The number of nitrogens with zero attached hydrogens (tertiary/aromatic N) is 1. The van der Waals surface area contributed by atoms with Crippen LogP contribution in [0.3, 0.4) is 0 Å². The molecule has 0 aliphatic heterocycles. The van der Waals surface area contributed by atoms with Crippen LogP contribution in [0.25, 0.3) is 0 Å². The maximum absolute atomic E-state index is 13.3. The Bertz CT molecular complexity index is 1090. The van der Waals surface area contributed by atoms with E-state index in [0.29, 0.717) is 29.1 Å². The van der Waals surface area contributed by atoms with E-state index >= 15 is 0 Å². The standard InChI is InChI=1S/C28H42N4O2S/c1-8-35-23-14-24(27(33)29-16-25-17(2)13-18(3)30-28(25)34)19(4)26(15-23)31-20(5)21-9-11-22(12-10-21)32(6)7/h13-15,20-22,31H,8-12,16H2,1-7H3,(H,29,33)(H,30,34)/t20?,21-,22-. The number of nitrogens with one attached hydrogen (secondary N) is 3. The van der Waals surface area contributed by atoms with Crippen LogP contribution in [0.1, 0.15) is 72.3 Å². The summed E-state index contributed by atoms with van der Waals surface area (Å²) in [5.41, 5.74) is 4.81. The van der Waals surface area contributed by atoms with E-state index in [0.717, 1.165) is 33.2 Å². The van der Waals surface area contributed by atoms with Gasteiger partial charge in [-0.15, -0.1) is 11.8 Å². The smallest absolute Gasteiger partial charge is 0.253 e. The summed E-state index contributed by atoms with van der Waals surface area (Å²) in [6.45, 7) is 10.4. The molecule has 1 aliphatic carbocycles. The van der Waals surface area contributed by atoms with E-state index in [1.165, 1.54) is 25.7 Å². The lowest BCUT2D eigenvalue weighted by molar-refractivity contribution is 0.0950. The second kappa shape index (κ2) is 12.1. The van der Waals surface area contributed by atoms with Gasteiger partial charge in [0.25, 0.3) is 11.5 Å². The molecular weight excluding hydrogens is 456 g/mol. The average molecular weight is 499 g/mol. The highest BCUT2D eigenvalue weighted by Gasteiger charge is 2.27. The van der Waals surface area contributed by atoms with Gasteiger partial charge in [-0.1, -0.05) is 6.92 Å². The Morgan fingerprint density at radius 1 is 1.14 bits per heavy atom. The predicted octanol–water partition coefficient (Wildman–Crippen LogP) is 5.26. The van der Waals surface area contributed by atoms with Crippen LogP contribution in [0.4, 0.5) is 5.69 Å². The van der Waals surface area contributed by atoms with Crippen molar-refractivity contribution in [3.63, 3.8) is 0 Å². The van der Waals surface area contributed by atoms with Gasteiger partial charge in [0, 0.05) is 46.0 Å². The second-order valence-corrected chi connectivity index (χ2v) is 11.5. The third kappa shape index (κ3) is 6.91. The molecule has 1 saturated carbocycles. The number of aromatic amines is 1. The third-order valence-electron chi connectivity index (χ3n) is 7.42. The number of amides is 1. The van der Waals surface area contributed by atoms with Crippen molar-refractivity contribution in [1.29, 1.82) is 0 Å². The Morgan fingerprint density at radius 2 is 1.83 bits per heavy atom. The summed E-state index contributed by atoms with van der Waals surface area (Å²) < 4.78 is 0. The van der Waals surface area contributed by atoms with Crippen molar-refractivity contribution in [1.82, 2.24) is 15.2 Å². The summed E-state index contributed by atoms with van der Waals surface area (Å²) >= 11 is 1.74. The molecule has 3 N–H and O–H groups in total. The van der Waals surface area contributed by atoms with Gasteiger partial charge in [0.05, 0.1) is 0 Å². The molecule has 0 spiro atoms. The first-order valence-corrected chi connectivity index (χ1v) is 13.8. The van der Waals surface area contributed by atoms with Crippen molar-refractivity contribution in [3.05, 3.63) is 56.5 Å². The highest BCUT2D eigenvalue weighted by atomic mass is 32.2. The average Bonchev–Trinajstić information content (AvgIpc) is 2.80. The molecule has 35 heavy (non-hydrogen) atoms. The monoisotopic (exact) mass is 498 g/mol. The first kappa shape index (κ1) is 27.3. The molecule has 1 amide bonds. The van der Waals surface area contributed by atoms with E-state index in [4.69, 9.17) is 0 Å². The molecule has 3 rings (SSSR count). The van der Waals surface area contributed by atoms with Crippen LogP contribution in [0.15, 0.2) is 27.9 Å². The van der Waals surface area contributed by atoms with Crippen molar-refractivity contribution < 1.29 is 4.79 Å². The molecule has 1 fully saturated rings. The van der Waals surface area contributed by atoms with Crippen LogP contribution in [0.2, 0.25) is 0 Å². The van der Waals surface area contributed by atoms with Crippen LogP contribution in [0.5, 0.6) is 0 Å². The minimum atomic E-state index is -0.150. The van der Waals surface area contributed by atoms with Gasteiger partial charge in [-0.2, -0.15) is 0 Å². The molecule has 192 valence electrons. The normalized spacial score (nSPS) is 19.0. The van der Waals surface area contributed by atoms with E-state index in [1.54, 1.807) is 11.8 Å². The number of benzene rings is 1. The molecule has 0 radical (unpaired) electrons. The van der Waals surface area contributed by atoms with Gasteiger partial charge >= 0.3 is 0 Å². The van der Waals surface area contributed by atoms with Gasteiger partial charge in [-0.3, -0.25) is 9.59 Å². The van der Waals surface area contributed by atoms with E-state index in [-0.39, 0.29) is 18.0 Å². The molecule has 0 bridgehead atoms. The molecule has 1 atom stereocenters. The van der Waals surface area contributed by atoms with Crippen molar-refractivity contribution >= 4 is 23.4 Å². The van der Waals surface area contributed by atoms with Crippen LogP contribution in [0, 0.1) is 26.7 Å². The van der Waals surface area contributed by atoms with Crippen molar-refractivity contribution in [2.45, 2.75) is 83.8 Å². The fourth-order valence-corrected chi connectivity index (χ4v) is 5.91. The molecule has 7 heteroatoms. The number of anilines is 1. The molecule has 1 aromatic carbocycles. The highest BCUT2D eigenvalue weighted by molar-refractivity contribution is 7.99. The van der Waals surface area contributed by atoms with E-state index in [1.807, 2.05) is 32.9 Å². The Labute approximate surface area is 214 Å². The number of hydrogen-bond donors (Lipinski definition) is 3. The summed E-state index contributed by atoms with van der Waals surface area (Å²) in [6.07, 6.45) is 4.91. The lowest BCUT2D eigenvalue weighted by atomic mass is 9.81. The number of rotatable bonds is 9. The number of carbonyl (C=O) groups excluding carboxylic acids is 1. The van der Waals surface area contributed by atoms with Crippen LogP contribution in [-0.2, 0) is 6.54 Å². The first-order chi connectivity index (χ1) is 16.6. The van der Waals surface area contributed by atoms with Gasteiger partial charge in [0.2, 0.25) is 0 Å². The zero-order valence-electron chi connectivity index (χ0n) is 22.4. The number of thioether (sulfide) groups is 1. The van der Waals surface area contributed by atoms with E-state index in [2.05, 4.69) is 54.5 Å². The molecular formula is C28H42N4O2S. The SMILES string of the molecule is CCSc1cc(NC(C)[C@H]2CC[C@H](N(C)C)CC2)c(C)c(C(=O)NCc2c(C)cc(C)[nH]c2=O)c1. The fraction of sp³-hybridized carbons (Fsp3) is 0.571. The maximum Gasteiger partial charge on any atom is 0.253 e. The summed E-state index contributed by atoms with van der Waals surface area (Å²) in [6, 6.07) is 7.11. The third-order valence-corrected chi connectivity index (χ3v) is 8.28. The molecule has 1 unspecified atom stereocenters. The molecule has 1 aromatic heterocycles. The number of carbonyl (C=O) groups is 1. The number of aryl methyl sites for hydroxylation is 2. The van der Waals surface area contributed by atoms with Crippen molar-refractivity contribution in [2.24, 2.45) is 5.92 Å². The van der Waals surface area contributed by atoms with E-state index < -0.39 is 0 Å². The Hall–Kier alpha value is -2.25. The minimum Gasteiger partial charge on any atom is -0.382 e. The van der Waals surface area contributed by atoms with Crippen molar-refractivity contribution in [2.75, 3.05) is 25.2 Å². The molecule has 2 aromatic rings. The maximum atomic E-state index is 13.3. The quantitative estimate of drug-likeness (QED) is 0.411. The largest absolute Gasteiger partial charge is 0.382 e. The molecule has 0 saturated heterocycles. The summed E-state index contributed by atoms with van der Waals surface area (Å²) in [5.74, 6) is 1.41. The Balaban J connectivity index is 1.77. The zero-order valence-corrected chi connectivity index (χ0v) is 23.2. The molecule has 1 aliphatic rings. The lowest BCUT2D eigenvalue weighted by Crippen LogP contribution is -2.36. The van der Waals surface area contributed by atoms with Crippen LogP contribution >= 0.6 is 11.8 Å². The van der Waals surface area contributed by atoms with Gasteiger partial charge in [0.1, 0.15) is 0 Å². The van der Waals surface area contributed by atoms with Gasteiger partial charge in [-0.05, 0) is 108 Å². The van der Waals surface area contributed by atoms with Crippen LogP contribution in [-0.4, -0.2) is 47.7 Å².